The highest BCUT2D eigenvalue weighted by Gasteiger charge is 2.15. The Morgan fingerprint density at radius 2 is 1.88 bits per heavy atom. The van der Waals surface area contributed by atoms with E-state index >= 15 is 0 Å². The van der Waals surface area contributed by atoms with Gasteiger partial charge in [0, 0.05) is 18.1 Å². The molecule has 0 aliphatic carbocycles. The number of hydrogen-bond acceptors (Lipinski definition) is 4. The van der Waals surface area contributed by atoms with Gasteiger partial charge in [0.05, 0.1) is 6.61 Å². The van der Waals surface area contributed by atoms with Gasteiger partial charge in [0.1, 0.15) is 5.75 Å². The third kappa shape index (κ3) is 7.62. The van der Waals surface area contributed by atoms with E-state index in [1.165, 1.54) is 25.9 Å². The van der Waals surface area contributed by atoms with Crippen molar-refractivity contribution in [2.45, 2.75) is 40.0 Å². The molecule has 7 heteroatoms. The van der Waals surface area contributed by atoms with Gasteiger partial charge in [-0.3, -0.25) is 0 Å². The third-order valence-corrected chi connectivity index (χ3v) is 4.88. The van der Waals surface area contributed by atoms with E-state index in [1.54, 1.807) is 0 Å². The van der Waals surface area contributed by atoms with Crippen LogP contribution in [0.3, 0.4) is 0 Å². The van der Waals surface area contributed by atoms with Crippen LogP contribution < -0.4 is 4.74 Å². The minimum atomic E-state index is -1.82. The van der Waals surface area contributed by atoms with Crippen LogP contribution in [0.25, 0.3) is 0 Å². The number of rotatable bonds is 5. The van der Waals surface area contributed by atoms with E-state index in [9.17, 15) is 0 Å². The fourth-order valence-electron chi connectivity index (χ4n) is 2.88. The summed E-state index contributed by atoms with van der Waals surface area (Å²) in [4.78, 5) is 20.8. The topological polar surface area (TPSA) is 87.1 Å². The second-order valence-corrected chi connectivity index (χ2v) is 7.06. The van der Waals surface area contributed by atoms with E-state index in [0.29, 0.717) is 0 Å². The molecule has 2 N–H and O–H groups in total. The van der Waals surface area contributed by atoms with Gasteiger partial charge < -0.3 is 19.8 Å². The van der Waals surface area contributed by atoms with Crippen molar-refractivity contribution >= 4 is 23.5 Å². The molecular weight excluding hydrogens is 358 g/mol. The molecule has 1 atom stereocenters. The monoisotopic (exact) mass is 385 g/mol. The number of carbonyl (C=O) groups is 2. The van der Waals surface area contributed by atoms with E-state index in [2.05, 4.69) is 18.7 Å². The number of ether oxygens (including phenoxy) is 1. The number of likely N-dealkylation sites (tertiary alicyclic amines) is 1. The summed E-state index contributed by atoms with van der Waals surface area (Å²) in [6, 6.07) is 3.90. The largest absolute Gasteiger partial charge is 0.493 e. The first kappa shape index (κ1) is 22.3. The molecule has 0 amide bonds. The van der Waals surface area contributed by atoms with Gasteiger partial charge in [-0.2, -0.15) is 0 Å². The molecule has 1 fully saturated rings. The summed E-state index contributed by atoms with van der Waals surface area (Å²) >= 11 is 6.10. The predicted octanol–water partition coefficient (Wildman–Crippen LogP) is 3.61. The summed E-state index contributed by atoms with van der Waals surface area (Å²) in [6.45, 7) is 10.9. The molecule has 2 rings (SSSR count). The molecule has 1 aromatic rings. The van der Waals surface area contributed by atoms with Crippen LogP contribution in [-0.2, 0) is 9.59 Å². The molecule has 1 aromatic carbocycles. The summed E-state index contributed by atoms with van der Waals surface area (Å²) in [6.07, 6.45) is 3.82. The fraction of sp³-hybridized carbons (Fsp3) is 0.579. The average molecular weight is 386 g/mol. The minimum absolute atomic E-state index is 0.785. The number of carboxylic acid groups (broad SMARTS) is 2. The minimum Gasteiger partial charge on any atom is -0.493 e. The lowest BCUT2D eigenvalue weighted by molar-refractivity contribution is -0.159. The fourth-order valence-corrected chi connectivity index (χ4v) is 3.08. The maximum Gasteiger partial charge on any atom is 0.414 e. The van der Waals surface area contributed by atoms with Crippen molar-refractivity contribution < 1.29 is 24.5 Å². The quantitative estimate of drug-likeness (QED) is 0.594. The standard InChI is InChI=1S/C17H26ClNO.C2H2O4/c1-13-6-4-9-19(12-13)10-5-11-20-17-8-7-16(18)14(2)15(17)3;3-1(4)2(5)6/h7-8,13H,4-6,9-12H2,1-3H3;(H,3,4)(H,5,6). The SMILES string of the molecule is Cc1c(Cl)ccc(OCCCN2CCCC(C)C2)c1C.O=C(O)C(=O)O. The van der Waals surface area contributed by atoms with Gasteiger partial charge in [-0.25, -0.2) is 9.59 Å². The van der Waals surface area contributed by atoms with Crippen LogP contribution >= 0.6 is 11.6 Å². The smallest absolute Gasteiger partial charge is 0.414 e. The molecule has 1 aliphatic rings. The Labute approximate surface area is 159 Å². The number of piperidine rings is 1. The van der Waals surface area contributed by atoms with Crippen molar-refractivity contribution in [2.75, 3.05) is 26.2 Å². The molecule has 1 heterocycles. The van der Waals surface area contributed by atoms with Gasteiger partial charge in [0.25, 0.3) is 0 Å². The van der Waals surface area contributed by atoms with Crippen molar-refractivity contribution in [2.24, 2.45) is 5.92 Å². The number of carboxylic acids is 2. The summed E-state index contributed by atoms with van der Waals surface area (Å²) in [5, 5.41) is 15.6. The van der Waals surface area contributed by atoms with E-state index in [0.717, 1.165) is 47.4 Å². The highest BCUT2D eigenvalue weighted by atomic mass is 35.5. The zero-order chi connectivity index (χ0) is 19.7. The van der Waals surface area contributed by atoms with Gasteiger partial charge in [-0.1, -0.05) is 18.5 Å². The lowest BCUT2D eigenvalue weighted by Gasteiger charge is -2.30. The predicted molar refractivity (Wildman–Crippen MR) is 101 cm³/mol. The van der Waals surface area contributed by atoms with Gasteiger partial charge in [-0.05, 0) is 68.8 Å². The summed E-state index contributed by atoms with van der Waals surface area (Å²) in [5.74, 6) is -1.82. The molecular formula is C19H28ClNO5. The van der Waals surface area contributed by atoms with Crippen LogP contribution in [0.5, 0.6) is 5.75 Å². The van der Waals surface area contributed by atoms with E-state index < -0.39 is 11.9 Å². The summed E-state index contributed by atoms with van der Waals surface area (Å²) in [7, 11) is 0. The molecule has 1 unspecified atom stereocenters. The Kier molecular flexibility index (Phi) is 9.44. The van der Waals surface area contributed by atoms with Gasteiger partial charge in [0.2, 0.25) is 0 Å². The van der Waals surface area contributed by atoms with Crippen LogP contribution in [0.15, 0.2) is 12.1 Å². The van der Waals surface area contributed by atoms with Crippen molar-refractivity contribution in [1.29, 1.82) is 0 Å². The zero-order valence-corrected chi connectivity index (χ0v) is 16.4. The molecule has 1 saturated heterocycles. The van der Waals surface area contributed by atoms with E-state index in [1.807, 2.05) is 19.1 Å². The Morgan fingerprint density at radius 3 is 2.46 bits per heavy atom. The van der Waals surface area contributed by atoms with Crippen LogP contribution in [0.4, 0.5) is 0 Å². The second kappa shape index (κ2) is 11.0. The maximum atomic E-state index is 9.10. The normalized spacial score (nSPS) is 17.2. The number of hydrogen-bond donors (Lipinski definition) is 2. The number of aliphatic carboxylic acids is 2. The average Bonchev–Trinajstić information content (AvgIpc) is 2.59. The highest BCUT2D eigenvalue weighted by Crippen LogP contribution is 2.27. The third-order valence-electron chi connectivity index (χ3n) is 4.47. The Balaban J connectivity index is 0.000000487. The Morgan fingerprint density at radius 1 is 1.23 bits per heavy atom. The number of nitrogens with zero attached hydrogens (tertiary/aromatic N) is 1. The maximum absolute atomic E-state index is 9.10. The molecule has 0 aromatic heterocycles. The Hall–Kier alpha value is -1.79. The summed E-state index contributed by atoms with van der Waals surface area (Å²) < 4.78 is 5.91. The van der Waals surface area contributed by atoms with Crippen LogP contribution in [0.1, 0.15) is 37.3 Å². The molecule has 0 saturated carbocycles. The lowest BCUT2D eigenvalue weighted by Crippen LogP contribution is -2.35. The number of halogens is 1. The van der Waals surface area contributed by atoms with E-state index in [4.69, 9.17) is 36.1 Å². The van der Waals surface area contributed by atoms with Gasteiger partial charge >= 0.3 is 11.9 Å². The van der Waals surface area contributed by atoms with Gasteiger partial charge in [-0.15, -0.1) is 0 Å². The number of benzene rings is 1. The molecule has 6 nitrogen and oxygen atoms in total. The van der Waals surface area contributed by atoms with Crippen molar-refractivity contribution in [3.63, 3.8) is 0 Å². The first-order chi connectivity index (χ1) is 12.2. The molecule has 0 spiro atoms. The molecule has 146 valence electrons. The van der Waals surface area contributed by atoms with Crippen LogP contribution in [0.2, 0.25) is 5.02 Å². The highest BCUT2D eigenvalue weighted by molar-refractivity contribution is 6.31. The molecule has 0 radical (unpaired) electrons. The van der Waals surface area contributed by atoms with Gasteiger partial charge in [0.15, 0.2) is 0 Å². The second-order valence-electron chi connectivity index (χ2n) is 6.66. The van der Waals surface area contributed by atoms with Crippen molar-refractivity contribution in [3.05, 3.63) is 28.3 Å². The first-order valence-electron chi connectivity index (χ1n) is 8.79. The van der Waals surface area contributed by atoms with E-state index in [-0.39, 0.29) is 0 Å². The van der Waals surface area contributed by atoms with Crippen molar-refractivity contribution in [3.8, 4) is 5.75 Å². The first-order valence-corrected chi connectivity index (χ1v) is 9.17. The zero-order valence-electron chi connectivity index (χ0n) is 15.6. The molecule has 1 aliphatic heterocycles. The van der Waals surface area contributed by atoms with Crippen molar-refractivity contribution in [1.82, 2.24) is 4.90 Å². The lowest BCUT2D eigenvalue weighted by atomic mass is 10.0. The van der Waals surface area contributed by atoms with Crippen LogP contribution in [-0.4, -0.2) is 53.3 Å². The summed E-state index contributed by atoms with van der Waals surface area (Å²) in [5.41, 5.74) is 2.28. The Bertz CT molecular complexity index is 608. The van der Waals surface area contributed by atoms with Crippen LogP contribution in [0, 0.1) is 19.8 Å². The molecule has 0 bridgehead atoms. The molecule has 26 heavy (non-hydrogen) atoms.